The number of anilines is 1. The van der Waals surface area contributed by atoms with Crippen LogP contribution in [0.15, 0.2) is 67.0 Å². The second-order valence-electron chi connectivity index (χ2n) is 5.43. The number of carbonyl (C=O) groups is 1. The lowest BCUT2D eigenvalue weighted by Crippen LogP contribution is -2.10. The normalized spacial score (nSPS) is 10.3. The summed E-state index contributed by atoms with van der Waals surface area (Å²) in [5, 5.41) is 12.8. The van der Waals surface area contributed by atoms with Crippen LogP contribution in [0.2, 0.25) is 0 Å². The summed E-state index contributed by atoms with van der Waals surface area (Å²) in [6, 6.07) is 16.2. The van der Waals surface area contributed by atoms with Crippen molar-refractivity contribution in [3.63, 3.8) is 0 Å². The molecule has 0 saturated carbocycles. The van der Waals surface area contributed by atoms with E-state index in [1.807, 2.05) is 24.3 Å². The smallest absolute Gasteiger partial charge is 0.248 e. The van der Waals surface area contributed by atoms with Crippen LogP contribution < -0.4 is 11.1 Å². The minimum absolute atomic E-state index is 0.246. The van der Waals surface area contributed by atoms with Gasteiger partial charge in [0.1, 0.15) is 5.75 Å². The molecule has 0 radical (unpaired) electrons. The van der Waals surface area contributed by atoms with Crippen molar-refractivity contribution in [2.45, 2.75) is 6.54 Å². The van der Waals surface area contributed by atoms with Crippen LogP contribution in [0.5, 0.6) is 5.75 Å². The fourth-order valence-corrected chi connectivity index (χ4v) is 2.39. The first-order valence-corrected chi connectivity index (χ1v) is 7.49. The van der Waals surface area contributed by atoms with Crippen molar-refractivity contribution in [2.75, 3.05) is 5.32 Å². The molecule has 0 spiro atoms. The van der Waals surface area contributed by atoms with Crippen LogP contribution in [-0.4, -0.2) is 16.0 Å². The molecule has 0 aliphatic heterocycles. The maximum Gasteiger partial charge on any atom is 0.248 e. The van der Waals surface area contributed by atoms with Crippen LogP contribution in [0, 0.1) is 0 Å². The standard InChI is InChI=1S/C19H17N3O2/c20-19(24)15-6-4-14(5-7-15)16-9-17(12-21-11-16)22-10-13-2-1-3-18(23)8-13/h1-9,11-12,22-23H,10H2,(H2,20,24). The number of rotatable bonds is 5. The van der Waals surface area contributed by atoms with Crippen molar-refractivity contribution < 1.29 is 9.90 Å². The molecule has 5 heteroatoms. The minimum atomic E-state index is -0.443. The molecule has 5 nitrogen and oxygen atoms in total. The van der Waals surface area contributed by atoms with E-state index in [2.05, 4.69) is 10.3 Å². The molecule has 2 aromatic carbocycles. The zero-order valence-electron chi connectivity index (χ0n) is 12.9. The Hall–Kier alpha value is -3.34. The summed E-state index contributed by atoms with van der Waals surface area (Å²) < 4.78 is 0. The Balaban J connectivity index is 1.75. The van der Waals surface area contributed by atoms with Gasteiger partial charge in [0.15, 0.2) is 0 Å². The molecule has 0 bridgehead atoms. The molecule has 0 fully saturated rings. The number of pyridine rings is 1. The van der Waals surface area contributed by atoms with Gasteiger partial charge in [0, 0.05) is 30.1 Å². The van der Waals surface area contributed by atoms with Crippen LogP contribution >= 0.6 is 0 Å². The monoisotopic (exact) mass is 319 g/mol. The lowest BCUT2D eigenvalue weighted by Gasteiger charge is -2.09. The van der Waals surface area contributed by atoms with E-state index in [0.29, 0.717) is 12.1 Å². The Bertz CT molecular complexity index is 860. The Morgan fingerprint density at radius 3 is 2.54 bits per heavy atom. The molecule has 3 rings (SSSR count). The number of aromatic hydroxyl groups is 1. The fraction of sp³-hybridized carbons (Fsp3) is 0.0526. The lowest BCUT2D eigenvalue weighted by molar-refractivity contribution is 0.100. The van der Waals surface area contributed by atoms with Crippen molar-refractivity contribution in [2.24, 2.45) is 5.73 Å². The molecule has 0 saturated heterocycles. The number of phenols is 1. The third-order valence-electron chi connectivity index (χ3n) is 3.65. The predicted molar refractivity (Wildman–Crippen MR) is 93.6 cm³/mol. The van der Waals surface area contributed by atoms with Gasteiger partial charge < -0.3 is 16.2 Å². The van der Waals surface area contributed by atoms with Gasteiger partial charge in [-0.2, -0.15) is 0 Å². The second kappa shape index (κ2) is 6.83. The number of nitrogens with zero attached hydrogens (tertiary/aromatic N) is 1. The fourth-order valence-electron chi connectivity index (χ4n) is 2.39. The van der Waals surface area contributed by atoms with Crippen LogP contribution in [0.3, 0.4) is 0 Å². The maximum absolute atomic E-state index is 11.1. The van der Waals surface area contributed by atoms with E-state index >= 15 is 0 Å². The molecule has 0 aliphatic rings. The molecule has 4 N–H and O–H groups in total. The number of hydrogen-bond donors (Lipinski definition) is 3. The largest absolute Gasteiger partial charge is 0.508 e. The number of phenolic OH excluding ortho intramolecular Hbond substituents is 1. The summed E-state index contributed by atoms with van der Waals surface area (Å²) in [6.07, 6.45) is 3.50. The highest BCUT2D eigenvalue weighted by Gasteiger charge is 2.03. The topological polar surface area (TPSA) is 88.2 Å². The first kappa shape index (κ1) is 15.6. The predicted octanol–water partition coefficient (Wildman–Crippen LogP) is 3.17. The Morgan fingerprint density at radius 2 is 1.83 bits per heavy atom. The minimum Gasteiger partial charge on any atom is -0.508 e. The number of hydrogen-bond acceptors (Lipinski definition) is 4. The molecular weight excluding hydrogens is 302 g/mol. The van der Waals surface area contributed by atoms with Gasteiger partial charge in [0.2, 0.25) is 5.91 Å². The van der Waals surface area contributed by atoms with Gasteiger partial charge in [-0.05, 0) is 41.5 Å². The second-order valence-corrected chi connectivity index (χ2v) is 5.43. The van der Waals surface area contributed by atoms with Crippen molar-refractivity contribution >= 4 is 11.6 Å². The molecule has 0 unspecified atom stereocenters. The van der Waals surface area contributed by atoms with E-state index in [1.165, 1.54) is 0 Å². The SMILES string of the molecule is NC(=O)c1ccc(-c2cncc(NCc3cccc(O)c3)c2)cc1. The van der Waals surface area contributed by atoms with Crippen LogP contribution in [-0.2, 0) is 6.54 Å². The summed E-state index contributed by atoms with van der Waals surface area (Å²) >= 11 is 0. The van der Waals surface area contributed by atoms with Gasteiger partial charge in [-0.25, -0.2) is 0 Å². The van der Waals surface area contributed by atoms with Gasteiger partial charge >= 0.3 is 0 Å². The summed E-state index contributed by atoms with van der Waals surface area (Å²) in [5.74, 6) is -0.197. The van der Waals surface area contributed by atoms with E-state index in [1.54, 1.807) is 42.7 Å². The molecule has 3 aromatic rings. The molecule has 24 heavy (non-hydrogen) atoms. The number of primary amides is 1. The maximum atomic E-state index is 11.1. The third-order valence-corrected chi connectivity index (χ3v) is 3.65. The summed E-state index contributed by atoms with van der Waals surface area (Å²) in [5.41, 5.74) is 9.47. The van der Waals surface area contributed by atoms with Crippen molar-refractivity contribution in [3.05, 3.63) is 78.1 Å². The van der Waals surface area contributed by atoms with Crippen LogP contribution in [0.1, 0.15) is 15.9 Å². The number of benzene rings is 2. The number of carbonyl (C=O) groups excluding carboxylic acids is 1. The number of amides is 1. The van der Waals surface area contributed by atoms with Gasteiger partial charge in [-0.1, -0.05) is 24.3 Å². The molecule has 0 aliphatic carbocycles. The molecular formula is C19H17N3O2. The quantitative estimate of drug-likeness (QED) is 0.674. The average molecular weight is 319 g/mol. The Labute approximate surface area is 139 Å². The molecule has 120 valence electrons. The number of nitrogens with one attached hydrogen (secondary N) is 1. The van der Waals surface area contributed by atoms with E-state index in [9.17, 15) is 9.90 Å². The molecule has 1 heterocycles. The zero-order chi connectivity index (χ0) is 16.9. The van der Waals surface area contributed by atoms with E-state index in [0.717, 1.165) is 22.4 Å². The number of aromatic nitrogens is 1. The van der Waals surface area contributed by atoms with Crippen molar-refractivity contribution in [1.82, 2.24) is 4.98 Å². The van der Waals surface area contributed by atoms with E-state index in [-0.39, 0.29) is 5.75 Å². The highest BCUT2D eigenvalue weighted by molar-refractivity contribution is 5.93. The Morgan fingerprint density at radius 1 is 1.04 bits per heavy atom. The van der Waals surface area contributed by atoms with Gasteiger partial charge in [0.05, 0.1) is 5.69 Å². The van der Waals surface area contributed by atoms with E-state index in [4.69, 9.17) is 5.73 Å². The van der Waals surface area contributed by atoms with Crippen molar-refractivity contribution in [1.29, 1.82) is 0 Å². The Kier molecular flexibility index (Phi) is 4.43. The summed E-state index contributed by atoms with van der Waals surface area (Å²) in [7, 11) is 0. The lowest BCUT2D eigenvalue weighted by atomic mass is 10.1. The average Bonchev–Trinajstić information content (AvgIpc) is 2.60. The van der Waals surface area contributed by atoms with Crippen LogP contribution in [0.4, 0.5) is 5.69 Å². The van der Waals surface area contributed by atoms with Gasteiger partial charge in [0.25, 0.3) is 0 Å². The zero-order valence-corrected chi connectivity index (χ0v) is 12.9. The van der Waals surface area contributed by atoms with Crippen molar-refractivity contribution in [3.8, 4) is 16.9 Å². The third kappa shape index (κ3) is 3.70. The molecule has 0 atom stereocenters. The summed E-state index contributed by atoms with van der Waals surface area (Å²) in [4.78, 5) is 15.4. The van der Waals surface area contributed by atoms with Gasteiger partial charge in [-0.15, -0.1) is 0 Å². The molecule has 1 amide bonds. The number of nitrogens with two attached hydrogens (primary N) is 1. The highest BCUT2D eigenvalue weighted by Crippen LogP contribution is 2.22. The first-order chi connectivity index (χ1) is 11.6. The van der Waals surface area contributed by atoms with E-state index < -0.39 is 5.91 Å². The highest BCUT2D eigenvalue weighted by atomic mass is 16.3. The van der Waals surface area contributed by atoms with Crippen LogP contribution in [0.25, 0.3) is 11.1 Å². The molecule has 1 aromatic heterocycles. The van der Waals surface area contributed by atoms with Gasteiger partial charge in [-0.3, -0.25) is 9.78 Å². The first-order valence-electron chi connectivity index (χ1n) is 7.49. The summed E-state index contributed by atoms with van der Waals surface area (Å²) in [6.45, 7) is 0.583.